The Hall–Kier alpha value is -0.690. The van der Waals surface area contributed by atoms with E-state index in [4.69, 9.17) is 16.3 Å². The van der Waals surface area contributed by atoms with E-state index in [9.17, 15) is 0 Å². The first-order valence-corrected chi connectivity index (χ1v) is 5.13. The maximum Gasteiger partial charge on any atom is 0.120 e. The summed E-state index contributed by atoms with van der Waals surface area (Å²) in [6.45, 7) is 0.573. The van der Waals surface area contributed by atoms with Gasteiger partial charge >= 0.3 is 0 Å². The smallest absolute Gasteiger partial charge is 0.120 e. The second kappa shape index (κ2) is 4.01. The molecule has 0 spiro atoms. The van der Waals surface area contributed by atoms with Gasteiger partial charge in [0.1, 0.15) is 12.4 Å². The zero-order valence-electron chi connectivity index (χ0n) is 7.42. The van der Waals surface area contributed by atoms with Crippen molar-refractivity contribution >= 4 is 11.6 Å². The Labute approximate surface area is 83.7 Å². The molecule has 0 atom stereocenters. The van der Waals surface area contributed by atoms with Gasteiger partial charge in [-0.15, -0.1) is 11.6 Å². The summed E-state index contributed by atoms with van der Waals surface area (Å²) in [4.78, 5) is 0. The number of alkyl halides is 1. The molecule has 1 aliphatic rings. The van der Waals surface area contributed by atoms with E-state index in [0.717, 1.165) is 11.7 Å². The Balaban J connectivity index is 2.03. The van der Waals surface area contributed by atoms with Gasteiger partial charge in [0.25, 0.3) is 0 Å². The molecule has 1 aromatic rings. The van der Waals surface area contributed by atoms with Gasteiger partial charge in [0.15, 0.2) is 0 Å². The predicted octanol–water partition coefficient (Wildman–Crippen LogP) is 2.98. The minimum atomic E-state index is 0.535. The largest absolute Gasteiger partial charge is 0.492 e. The lowest BCUT2D eigenvalue weighted by atomic mass is 10.1. The number of rotatable bonds is 4. The molecule has 0 heterocycles. The van der Waals surface area contributed by atoms with Crippen molar-refractivity contribution in [2.45, 2.75) is 18.8 Å². The summed E-state index contributed by atoms with van der Waals surface area (Å²) in [5, 5.41) is 0. The molecule has 69 valence electrons. The van der Waals surface area contributed by atoms with Gasteiger partial charge in [-0.25, -0.2) is 0 Å². The quantitative estimate of drug-likeness (QED) is 0.672. The molecule has 1 aromatic carbocycles. The van der Waals surface area contributed by atoms with Crippen molar-refractivity contribution in [1.82, 2.24) is 0 Å². The number of ether oxygens (including phenoxy) is 1. The van der Waals surface area contributed by atoms with Crippen molar-refractivity contribution in [2.75, 3.05) is 12.5 Å². The zero-order chi connectivity index (χ0) is 9.10. The van der Waals surface area contributed by atoms with E-state index in [1.807, 2.05) is 12.1 Å². The predicted molar refractivity (Wildman–Crippen MR) is 53.5 cm³/mol. The second-order valence-corrected chi connectivity index (χ2v) is 3.69. The van der Waals surface area contributed by atoms with Crippen LogP contribution in [0, 0.1) is 6.07 Å². The van der Waals surface area contributed by atoms with Crippen molar-refractivity contribution in [3.63, 3.8) is 0 Å². The molecule has 1 radical (unpaired) electrons. The fourth-order valence-corrected chi connectivity index (χ4v) is 1.44. The van der Waals surface area contributed by atoms with E-state index < -0.39 is 0 Å². The van der Waals surface area contributed by atoms with Crippen LogP contribution in [0.4, 0.5) is 0 Å². The fraction of sp³-hybridized carbons (Fsp3) is 0.455. The molecular formula is C11H12ClO. The van der Waals surface area contributed by atoms with Crippen LogP contribution >= 0.6 is 11.6 Å². The van der Waals surface area contributed by atoms with E-state index >= 15 is 0 Å². The molecule has 13 heavy (non-hydrogen) atoms. The average molecular weight is 196 g/mol. The van der Waals surface area contributed by atoms with Crippen molar-refractivity contribution in [2.24, 2.45) is 0 Å². The van der Waals surface area contributed by atoms with Crippen LogP contribution in [0.1, 0.15) is 24.3 Å². The second-order valence-electron chi connectivity index (χ2n) is 3.31. The highest BCUT2D eigenvalue weighted by atomic mass is 35.5. The summed E-state index contributed by atoms with van der Waals surface area (Å²) in [6, 6.07) is 9.10. The lowest BCUT2D eigenvalue weighted by Gasteiger charge is -2.05. The topological polar surface area (TPSA) is 9.23 Å². The van der Waals surface area contributed by atoms with Gasteiger partial charge in [0.05, 0.1) is 5.88 Å². The van der Waals surface area contributed by atoms with Gasteiger partial charge in [-0.1, -0.05) is 6.07 Å². The minimum absolute atomic E-state index is 0.535. The number of benzene rings is 1. The third-order valence-corrected chi connectivity index (χ3v) is 2.33. The van der Waals surface area contributed by atoms with Crippen LogP contribution in [0.3, 0.4) is 0 Å². The minimum Gasteiger partial charge on any atom is -0.492 e. The number of hydrogen-bond acceptors (Lipinski definition) is 1. The maximum atomic E-state index is 5.53. The summed E-state index contributed by atoms with van der Waals surface area (Å²) in [5.41, 5.74) is 1.35. The molecule has 0 bridgehead atoms. The molecule has 1 fully saturated rings. The van der Waals surface area contributed by atoms with Gasteiger partial charge < -0.3 is 4.74 Å². The van der Waals surface area contributed by atoms with Crippen LogP contribution in [-0.2, 0) is 0 Å². The summed E-state index contributed by atoms with van der Waals surface area (Å²) >= 11 is 5.53. The third-order valence-electron chi connectivity index (χ3n) is 2.18. The van der Waals surface area contributed by atoms with E-state index in [2.05, 4.69) is 12.1 Å². The lowest BCUT2D eigenvalue weighted by Crippen LogP contribution is -1.98. The molecule has 0 unspecified atom stereocenters. The molecule has 1 aliphatic carbocycles. The molecule has 0 amide bonds. The van der Waals surface area contributed by atoms with Crippen molar-refractivity contribution < 1.29 is 4.74 Å². The SMILES string of the molecule is ClCCOc1c[c]cc(C2CC2)c1. The van der Waals surface area contributed by atoms with Crippen LogP contribution in [0.25, 0.3) is 0 Å². The average Bonchev–Trinajstić information content (AvgIpc) is 2.98. The summed E-state index contributed by atoms with van der Waals surface area (Å²) in [7, 11) is 0. The van der Waals surface area contributed by atoms with Crippen molar-refractivity contribution in [1.29, 1.82) is 0 Å². The monoisotopic (exact) mass is 195 g/mol. The van der Waals surface area contributed by atoms with Crippen molar-refractivity contribution in [3.05, 3.63) is 29.8 Å². The number of halogens is 1. The van der Waals surface area contributed by atoms with Gasteiger partial charge in [0.2, 0.25) is 0 Å². The Morgan fingerprint density at radius 2 is 2.31 bits per heavy atom. The van der Waals surface area contributed by atoms with Crippen LogP contribution < -0.4 is 4.74 Å². The van der Waals surface area contributed by atoms with Crippen LogP contribution in [0.5, 0.6) is 5.75 Å². The van der Waals surface area contributed by atoms with Gasteiger partial charge in [-0.05, 0) is 42.5 Å². The highest BCUT2D eigenvalue weighted by molar-refractivity contribution is 6.17. The standard InChI is InChI=1S/C11H12ClO/c12-6-7-13-11-3-1-2-10(8-11)9-4-5-9/h2-3,8-9H,4-7H2. The molecule has 1 nitrogen and oxygen atoms in total. The Bertz CT molecular complexity index is 281. The van der Waals surface area contributed by atoms with E-state index in [1.165, 1.54) is 18.4 Å². The van der Waals surface area contributed by atoms with Gasteiger partial charge in [-0.3, -0.25) is 0 Å². The normalized spacial score (nSPS) is 15.8. The molecular weight excluding hydrogens is 184 g/mol. The first kappa shape index (κ1) is 8.89. The molecule has 2 heteroatoms. The van der Waals surface area contributed by atoms with Crippen LogP contribution in [0.2, 0.25) is 0 Å². The molecule has 2 rings (SSSR count). The summed E-state index contributed by atoms with van der Waals surface area (Å²) in [6.07, 6.45) is 2.62. The maximum absolute atomic E-state index is 5.53. The van der Waals surface area contributed by atoms with Crippen molar-refractivity contribution in [3.8, 4) is 5.75 Å². The Morgan fingerprint density at radius 1 is 1.46 bits per heavy atom. The van der Waals surface area contributed by atoms with E-state index in [1.54, 1.807) is 0 Å². The Morgan fingerprint density at radius 3 is 3.00 bits per heavy atom. The first-order chi connectivity index (χ1) is 6.40. The number of hydrogen-bond donors (Lipinski definition) is 0. The molecule has 0 aliphatic heterocycles. The van der Waals surface area contributed by atoms with E-state index in [0.29, 0.717) is 12.5 Å². The van der Waals surface area contributed by atoms with Crippen LogP contribution in [0.15, 0.2) is 18.2 Å². The zero-order valence-corrected chi connectivity index (χ0v) is 8.18. The molecule has 0 saturated heterocycles. The van der Waals surface area contributed by atoms with E-state index in [-0.39, 0.29) is 0 Å². The molecule has 1 saturated carbocycles. The molecule has 0 N–H and O–H groups in total. The van der Waals surface area contributed by atoms with Crippen LogP contribution in [-0.4, -0.2) is 12.5 Å². The highest BCUT2D eigenvalue weighted by Crippen LogP contribution is 2.40. The third kappa shape index (κ3) is 2.38. The lowest BCUT2D eigenvalue weighted by molar-refractivity contribution is 0.342. The Kier molecular flexibility index (Phi) is 2.74. The first-order valence-electron chi connectivity index (χ1n) is 4.60. The summed E-state index contributed by atoms with van der Waals surface area (Å²) in [5.74, 6) is 2.19. The molecule has 0 aromatic heterocycles. The van der Waals surface area contributed by atoms with Gasteiger partial charge in [0, 0.05) is 0 Å². The van der Waals surface area contributed by atoms with Gasteiger partial charge in [-0.2, -0.15) is 0 Å². The summed E-state index contributed by atoms with van der Waals surface area (Å²) < 4.78 is 5.41. The highest BCUT2D eigenvalue weighted by Gasteiger charge is 2.23. The fourth-order valence-electron chi connectivity index (χ4n) is 1.36.